The van der Waals surface area contributed by atoms with Crippen LogP contribution < -0.4 is 4.90 Å². The van der Waals surface area contributed by atoms with Crippen molar-refractivity contribution < 1.29 is 9.53 Å². The smallest absolute Gasteiger partial charge is 0.274 e. The van der Waals surface area contributed by atoms with Crippen LogP contribution in [-0.2, 0) is 4.74 Å². The van der Waals surface area contributed by atoms with Crippen LogP contribution in [0.5, 0.6) is 0 Å². The minimum Gasteiger partial charge on any atom is -0.378 e. The van der Waals surface area contributed by atoms with Crippen LogP contribution in [0.3, 0.4) is 0 Å². The number of carbonyl (C=O) groups is 1. The first-order valence-electron chi connectivity index (χ1n) is 6.70. The van der Waals surface area contributed by atoms with Crippen LogP contribution in [0.4, 0.5) is 5.82 Å². The maximum atomic E-state index is 12.1. The maximum absolute atomic E-state index is 12.1. The van der Waals surface area contributed by atoms with E-state index >= 15 is 0 Å². The Kier molecular flexibility index (Phi) is 4.68. The first kappa shape index (κ1) is 13.7. The average molecular weight is 264 g/mol. The molecule has 1 aromatic rings. The van der Waals surface area contributed by atoms with Gasteiger partial charge in [0.15, 0.2) is 0 Å². The topological polar surface area (TPSA) is 58.6 Å². The van der Waals surface area contributed by atoms with Gasteiger partial charge in [-0.25, -0.2) is 9.97 Å². The summed E-state index contributed by atoms with van der Waals surface area (Å²) in [6.07, 6.45) is 3.23. The zero-order valence-corrected chi connectivity index (χ0v) is 11.5. The number of hydrogen-bond donors (Lipinski definition) is 0. The second-order valence-electron chi connectivity index (χ2n) is 4.34. The molecule has 0 unspecified atom stereocenters. The Balaban J connectivity index is 2.07. The van der Waals surface area contributed by atoms with Crippen LogP contribution in [0.15, 0.2) is 12.4 Å². The highest BCUT2D eigenvalue weighted by atomic mass is 16.5. The standard InChI is InChI=1S/C13H20N4O2/c1-3-16(4-2)13(18)11-9-15-12(10-14-11)17-5-7-19-8-6-17/h9-10H,3-8H2,1-2H3. The molecule has 1 aromatic heterocycles. The molecular weight excluding hydrogens is 244 g/mol. The Morgan fingerprint density at radius 3 is 2.47 bits per heavy atom. The lowest BCUT2D eigenvalue weighted by atomic mass is 10.3. The molecule has 6 heteroatoms. The summed E-state index contributed by atoms with van der Waals surface area (Å²) in [5, 5.41) is 0. The summed E-state index contributed by atoms with van der Waals surface area (Å²) >= 11 is 0. The summed E-state index contributed by atoms with van der Waals surface area (Å²) in [4.78, 5) is 24.5. The van der Waals surface area contributed by atoms with Crippen molar-refractivity contribution in [3.05, 3.63) is 18.1 Å². The molecular formula is C13H20N4O2. The summed E-state index contributed by atoms with van der Waals surface area (Å²) in [6, 6.07) is 0. The molecule has 6 nitrogen and oxygen atoms in total. The van der Waals surface area contributed by atoms with E-state index in [1.165, 1.54) is 0 Å². The monoisotopic (exact) mass is 264 g/mol. The Labute approximate surface area is 113 Å². The summed E-state index contributed by atoms with van der Waals surface area (Å²) in [5.41, 5.74) is 0.403. The molecule has 1 aliphatic heterocycles. The lowest BCUT2D eigenvalue weighted by molar-refractivity contribution is 0.0766. The van der Waals surface area contributed by atoms with Gasteiger partial charge in [-0.05, 0) is 13.8 Å². The fourth-order valence-electron chi connectivity index (χ4n) is 2.06. The van der Waals surface area contributed by atoms with Gasteiger partial charge in [0.25, 0.3) is 5.91 Å². The van der Waals surface area contributed by atoms with E-state index in [4.69, 9.17) is 4.74 Å². The molecule has 0 atom stereocenters. The second kappa shape index (κ2) is 6.47. The average Bonchev–Trinajstić information content (AvgIpc) is 2.49. The lowest BCUT2D eigenvalue weighted by Gasteiger charge is -2.27. The molecule has 0 N–H and O–H groups in total. The highest BCUT2D eigenvalue weighted by Gasteiger charge is 2.16. The van der Waals surface area contributed by atoms with E-state index in [1.807, 2.05) is 13.8 Å². The third kappa shape index (κ3) is 3.20. The molecule has 1 saturated heterocycles. The Bertz CT molecular complexity index is 411. The van der Waals surface area contributed by atoms with Crippen molar-refractivity contribution in [2.24, 2.45) is 0 Å². The zero-order chi connectivity index (χ0) is 13.7. The molecule has 2 heterocycles. The van der Waals surface area contributed by atoms with Gasteiger partial charge in [-0.3, -0.25) is 4.79 Å². The van der Waals surface area contributed by atoms with Crippen LogP contribution >= 0.6 is 0 Å². The fraction of sp³-hybridized carbons (Fsp3) is 0.615. The number of rotatable bonds is 4. The molecule has 104 valence electrons. The largest absolute Gasteiger partial charge is 0.378 e. The van der Waals surface area contributed by atoms with Crippen molar-refractivity contribution in [1.82, 2.24) is 14.9 Å². The Morgan fingerprint density at radius 2 is 1.95 bits per heavy atom. The first-order chi connectivity index (χ1) is 9.26. The molecule has 0 aliphatic carbocycles. The Hall–Kier alpha value is -1.69. The highest BCUT2D eigenvalue weighted by molar-refractivity contribution is 5.92. The van der Waals surface area contributed by atoms with Gasteiger partial charge in [-0.2, -0.15) is 0 Å². The quantitative estimate of drug-likeness (QED) is 0.805. The third-order valence-corrected chi connectivity index (χ3v) is 3.24. The van der Waals surface area contributed by atoms with Gasteiger partial charge in [-0.1, -0.05) is 0 Å². The minimum atomic E-state index is -0.0639. The predicted octanol–water partition coefficient (Wildman–Crippen LogP) is 0.795. The van der Waals surface area contributed by atoms with E-state index < -0.39 is 0 Å². The first-order valence-corrected chi connectivity index (χ1v) is 6.70. The van der Waals surface area contributed by atoms with Crippen molar-refractivity contribution in [2.75, 3.05) is 44.3 Å². The third-order valence-electron chi connectivity index (χ3n) is 3.24. The molecule has 1 fully saturated rings. The van der Waals surface area contributed by atoms with E-state index in [9.17, 15) is 4.79 Å². The van der Waals surface area contributed by atoms with Crippen LogP contribution in [-0.4, -0.2) is 60.2 Å². The number of morpholine rings is 1. The predicted molar refractivity (Wildman–Crippen MR) is 72.3 cm³/mol. The van der Waals surface area contributed by atoms with E-state index in [2.05, 4.69) is 14.9 Å². The van der Waals surface area contributed by atoms with E-state index in [0.717, 1.165) is 18.9 Å². The van der Waals surface area contributed by atoms with Gasteiger partial charge in [-0.15, -0.1) is 0 Å². The number of amides is 1. The van der Waals surface area contributed by atoms with Crippen LogP contribution in [0.2, 0.25) is 0 Å². The summed E-state index contributed by atoms with van der Waals surface area (Å²) in [7, 11) is 0. The molecule has 0 spiro atoms. The molecule has 2 rings (SSSR count). The SMILES string of the molecule is CCN(CC)C(=O)c1cnc(N2CCOCC2)cn1. The minimum absolute atomic E-state index is 0.0639. The number of aromatic nitrogens is 2. The van der Waals surface area contributed by atoms with Crippen molar-refractivity contribution >= 4 is 11.7 Å². The lowest BCUT2D eigenvalue weighted by Crippen LogP contribution is -2.37. The van der Waals surface area contributed by atoms with Gasteiger partial charge in [0, 0.05) is 26.2 Å². The van der Waals surface area contributed by atoms with Gasteiger partial charge >= 0.3 is 0 Å². The van der Waals surface area contributed by atoms with E-state index in [1.54, 1.807) is 17.3 Å². The zero-order valence-electron chi connectivity index (χ0n) is 11.5. The summed E-state index contributed by atoms with van der Waals surface area (Å²) in [5.74, 6) is 0.741. The summed E-state index contributed by atoms with van der Waals surface area (Å²) < 4.78 is 5.29. The maximum Gasteiger partial charge on any atom is 0.274 e. The molecule has 0 bridgehead atoms. The Morgan fingerprint density at radius 1 is 1.26 bits per heavy atom. The van der Waals surface area contributed by atoms with E-state index in [0.29, 0.717) is 32.0 Å². The van der Waals surface area contributed by atoms with Crippen LogP contribution in [0.25, 0.3) is 0 Å². The number of hydrogen-bond acceptors (Lipinski definition) is 5. The second-order valence-corrected chi connectivity index (χ2v) is 4.34. The molecule has 19 heavy (non-hydrogen) atoms. The molecule has 1 amide bonds. The summed E-state index contributed by atoms with van der Waals surface area (Å²) in [6.45, 7) is 8.33. The van der Waals surface area contributed by atoms with Gasteiger partial charge in [0.05, 0.1) is 25.6 Å². The molecule has 1 aliphatic rings. The molecule has 0 saturated carbocycles. The van der Waals surface area contributed by atoms with Crippen molar-refractivity contribution in [3.63, 3.8) is 0 Å². The van der Waals surface area contributed by atoms with Crippen molar-refractivity contribution in [2.45, 2.75) is 13.8 Å². The van der Waals surface area contributed by atoms with Gasteiger partial charge < -0.3 is 14.5 Å². The van der Waals surface area contributed by atoms with Gasteiger partial charge in [0.1, 0.15) is 11.5 Å². The van der Waals surface area contributed by atoms with Crippen LogP contribution in [0.1, 0.15) is 24.3 Å². The molecule has 0 radical (unpaired) electrons. The number of carbonyl (C=O) groups excluding carboxylic acids is 1. The number of nitrogens with zero attached hydrogens (tertiary/aromatic N) is 4. The highest BCUT2D eigenvalue weighted by Crippen LogP contribution is 2.11. The van der Waals surface area contributed by atoms with Gasteiger partial charge in [0.2, 0.25) is 0 Å². The number of anilines is 1. The normalized spacial score (nSPS) is 15.4. The van der Waals surface area contributed by atoms with E-state index in [-0.39, 0.29) is 5.91 Å². The molecule has 0 aromatic carbocycles. The van der Waals surface area contributed by atoms with Crippen LogP contribution in [0, 0.1) is 0 Å². The van der Waals surface area contributed by atoms with Crippen molar-refractivity contribution in [1.29, 1.82) is 0 Å². The number of ether oxygens (including phenoxy) is 1. The fourth-order valence-corrected chi connectivity index (χ4v) is 2.06. The van der Waals surface area contributed by atoms with Crippen molar-refractivity contribution in [3.8, 4) is 0 Å².